The van der Waals surface area contributed by atoms with Gasteiger partial charge in [-0.2, -0.15) is 15.2 Å². The first kappa shape index (κ1) is 15.9. The minimum absolute atomic E-state index is 0.0851. The average molecular weight is 344 g/mol. The van der Waals surface area contributed by atoms with Gasteiger partial charge in [-0.05, 0) is 0 Å². The third-order valence-corrected chi connectivity index (χ3v) is 4.18. The molecule has 0 aliphatic carbocycles. The Morgan fingerprint density at radius 1 is 1.36 bits per heavy atom. The minimum Gasteiger partial charge on any atom is -0.378 e. The molecule has 0 unspecified atom stereocenters. The number of aromatic amines is 1. The predicted octanol–water partition coefficient (Wildman–Crippen LogP) is 0.724. The van der Waals surface area contributed by atoms with Gasteiger partial charge in [-0.3, -0.25) is 14.7 Å². The van der Waals surface area contributed by atoms with Crippen molar-refractivity contribution in [2.75, 3.05) is 19.8 Å². The van der Waals surface area contributed by atoms with Gasteiger partial charge in [0.2, 0.25) is 0 Å². The number of nitrogens with zero attached hydrogens (tertiary/aromatic N) is 7. The van der Waals surface area contributed by atoms with E-state index >= 15 is 0 Å². The molecule has 0 bridgehead atoms. The fourth-order valence-electron chi connectivity index (χ4n) is 2.84. The minimum atomic E-state index is -0.0851. The Bertz CT molecular complexity index is 838. The summed E-state index contributed by atoms with van der Waals surface area (Å²) in [5.74, 6) is 2.72. The molecule has 3 aromatic heterocycles. The van der Waals surface area contributed by atoms with E-state index in [1.54, 1.807) is 10.9 Å². The molecule has 10 nitrogen and oxygen atoms in total. The van der Waals surface area contributed by atoms with Crippen molar-refractivity contribution in [3.63, 3.8) is 0 Å². The summed E-state index contributed by atoms with van der Waals surface area (Å²) in [5, 5.41) is 15.5. The van der Waals surface area contributed by atoms with Crippen LogP contribution in [-0.4, -0.2) is 59.8 Å². The standard InChI is InChI=1S/C15H20N8O2/c1-3-12-17-13(20-19-12)8-23-4-5-24-9-11(23)14-18-15(25-21-14)10-6-16-22(2)7-10/h6-7,11H,3-5,8-9H2,1-2H3,(H,17,19,20)/t11-/m0/s1. The van der Waals surface area contributed by atoms with Crippen LogP contribution in [0.15, 0.2) is 16.9 Å². The number of aromatic nitrogens is 7. The summed E-state index contributed by atoms with van der Waals surface area (Å²) in [7, 11) is 1.85. The largest absolute Gasteiger partial charge is 0.378 e. The van der Waals surface area contributed by atoms with Gasteiger partial charge in [-0.1, -0.05) is 12.1 Å². The fourth-order valence-corrected chi connectivity index (χ4v) is 2.84. The molecule has 0 radical (unpaired) electrons. The molecule has 10 heteroatoms. The van der Waals surface area contributed by atoms with Gasteiger partial charge in [-0.15, -0.1) is 0 Å². The van der Waals surface area contributed by atoms with Gasteiger partial charge in [0, 0.05) is 26.2 Å². The van der Waals surface area contributed by atoms with Crippen LogP contribution in [0.2, 0.25) is 0 Å². The molecule has 1 N–H and O–H groups in total. The highest BCUT2D eigenvalue weighted by molar-refractivity contribution is 5.49. The summed E-state index contributed by atoms with van der Waals surface area (Å²) < 4.78 is 12.7. The molecule has 1 aliphatic rings. The molecule has 132 valence electrons. The molecule has 0 aromatic carbocycles. The van der Waals surface area contributed by atoms with E-state index in [1.165, 1.54) is 0 Å². The van der Waals surface area contributed by atoms with Gasteiger partial charge >= 0.3 is 0 Å². The third-order valence-electron chi connectivity index (χ3n) is 4.18. The van der Waals surface area contributed by atoms with E-state index in [0.717, 1.165) is 30.2 Å². The zero-order chi connectivity index (χ0) is 17.2. The quantitative estimate of drug-likeness (QED) is 0.721. The molecule has 25 heavy (non-hydrogen) atoms. The lowest BCUT2D eigenvalue weighted by Gasteiger charge is -2.32. The van der Waals surface area contributed by atoms with Gasteiger partial charge in [0.15, 0.2) is 5.82 Å². The SMILES string of the molecule is CCc1n[nH]c(CN2CCOC[C@H]2c2noc(-c3cnn(C)c3)n2)n1. The lowest BCUT2D eigenvalue weighted by Crippen LogP contribution is -2.39. The number of ether oxygens (including phenoxy) is 1. The van der Waals surface area contributed by atoms with Crippen molar-refractivity contribution in [3.8, 4) is 11.5 Å². The van der Waals surface area contributed by atoms with Gasteiger partial charge < -0.3 is 9.26 Å². The van der Waals surface area contributed by atoms with Crippen molar-refractivity contribution in [1.29, 1.82) is 0 Å². The zero-order valence-corrected chi connectivity index (χ0v) is 14.2. The number of hydrogen-bond donors (Lipinski definition) is 1. The molecule has 4 rings (SSSR count). The lowest BCUT2D eigenvalue weighted by molar-refractivity contribution is -0.0177. The first-order chi connectivity index (χ1) is 12.2. The molecule has 1 fully saturated rings. The van der Waals surface area contributed by atoms with Crippen LogP contribution in [0.25, 0.3) is 11.5 Å². The fraction of sp³-hybridized carbons (Fsp3) is 0.533. The molecular weight excluding hydrogens is 324 g/mol. The second-order valence-corrected chi connectivity index (χ2v) is 5.97. The van der Waals surface area contributed by atoms with Gasteiger partial charge in [0.25, 0.3) is 5.89 Å². The third kappa shape index (κ3) is 3.30. The molecule has 1 saturated heterocycles. The average Bonchev–Trinajstić information content (AvgIpc) is 3.35. The van der Waals surface area contributed by atoms with Crippen LogP contribution < -0.4 is 0 Å². The van der Waals surface area contributed by atoms with Crippen molar-refractivity contribution < 1.29 is 9.26 Å². The molecule has 0 saturated carbocycles. The number of morpholine rings is 1. The second kappa shape index (κ2) is 6.73. The Morgan fingerprint density at radius 2 is 2.28 bits per heavy atom. The highest BCUT2D eigenvalue weighted by Gasteiger charge is 2.30. The summed E-state index contributed by atoms with van der Waals surface area (Å²) in [4.78, 5) is 11.2. The maximum absolute atomic E-state index is 5.62. The highest BCUT2D eigenvalue weighted by atomic mass is 16.5. The van der Waals surface area contributed by atoms with E-state index in [1.807, 2.05) is 20.2 Å². The summed E-state index contributed by atoms with van der Waals surface area (Å²) >= 11 is 0. The maximum Gasteiger partial charge on any atom is 0.261 e. The summed E-state index contributed by atoms with van der Waals surface area (Å²) in [6, 6.07) is -0.0851. The van der Waals surface area contributed by atoms with Crippen molar-refractivity contribution in [1.82, 2.24) is 40.0 Å². The Morgan fingerprint density at radius 3 is 3.04 bits per heavy atom. The molecule has 0 spiro atoms. The number of nitrogens with one attached hydrogen (secondary N) is 1. The number of H-pyrrole nitrogens is 1. The number of hydrogen-bond acceptors (Lipinski definition) is 8. The Kier molecular flexibility index (Phi) is 4.28. The molecule has 3 aromatic rings. The molecule has 1 aliphatic heterocycles. The monoisotopic (exact) mass is 344 g/mol. The molecular formula is C15H20N8O2. The first-order valence-corrected chi connectivity index (χ1v) is 8.27. The maximum atomic E-state index is 5.62. The van der Waals surface area contributed by atoms with Crippen LogP contribution in [0.4, 0.5) is 0 Å². The molecule has 4 heterocycles. The zero-order valence-electron chi connectivity index (χ0n) is 14.2. The van der Waals surface area contributed by atoms with Gasteiger partial charge in [-0.25, -0.2) is 4.98 Å². The van der Waals surface area contributed by atoms with Crippen LogP contribution in [0.5, 0.6) is 0 Å². The molecule has 1 atom stereocenters. The summed E-state index contributed by atoms with van der Waals surface area (Å²) in [6.45, 7) is 4.62. The van der Waals surface area contributed by atoms with Crippen molar-refractivity contribution in [3.05, 3.63) is 29.9 Å². The van der Waals surface area contributed by atoms with Gasteiger partial charge in [0.1, 0.15) is 11.6 Å². The van der Waals surface area contributed by atoms with E-state index in [-0.39, 0.29) is 6.04 Å². The van der Waals surface area contributed by atoms with Gasteiger partial charge in [0.05, 0.1) is 37.6 Å². The van der Waals surface area contributed by atoms with Crippen LogP contribution in [0.1, 0.15) is 30.4 Å². The van der Waals surface area contributed by atoms with Crippen LogP contribution in [-0.2, 0) is 24.8 Å². The van der Waals surface area contributed by atoms with E-state index in [9.17, 15) is 0 Å². The Hall–Kier alpha value is -2.59. The number of aryl methyl sites for hydroxylation is 2. The van der Waals surface area contributed by atoms with E-state index in [2.05, 4.69) is 35.3 Å². The summed E-state index contributed by atoms with van der Waals surface area (Å²) in [6.07, 6.45) is 4.35. The molecule has 0 amide bonds. The number of rotatable bonds is 5. The van der Waals surface area contributed by atoms with Crippen LogP contribution >= 0.6 is 0 Å². The normalized spacial score (nSPS) is 18.7. The van der Waals surface area contributed by atoms with Crippen LogP contribution in [0.3, 0.4) is 0 Å². The highest BCUT2D eigenvalue weighted by Crippen LogP contribution is 2.25. The Labute approximate surface area is 144 Å². The van der Waals surface area contributed by atoms with Crippen molar-refractivity contribution in [2.24, 2.45) is 7.05 Å². The predicted molar refractivity (Wildman–Crippen MR) is 86.2 cm³/mol. The van der Waals surface area contributed by atoms with Crippen molar-refractivity contribution in [2.45, 2.75) is 25.9 Å². The summed E-state index contributed by atoms with van der Waals surface area (Å²) in [5.41, 5.74) is 0.798. The topological polar surface area (TPSA) is 111 Å². The lowest BCUT2D eigenvalue weighted by atomic mass is 10.2. The van der Waals surface area contributed by atoms with Crippen LogP contribution in [0, 0.1) is 0 Å². The first-order valence-electron chi connectivity index (χ1n) is 8.27. The van der Waals surface area contributed by atoms with E-state index in [4.69, 9.17) is 9.26 Å². The Balaban J connectivity index is 1.53. The smallest absolute Gasteiger partial charge is 0.261 e. The second-order valence-electron chi connectivity index (χ2n) is 5.97. The van der Waals surface area contributed by atoms with E-state index < -0.39 is 0 Å². The van der Waals surface area contributed by atoms with Crippen molar-refractivity contribution >= 4 is 0 Å². The van der Waals surface area contributed by atoms with E-state index in [0.29, 0.717) is 31.5 Å².